The van der Waals surface area contributed by atoms with Crippen LogP contribution in [0.25, 0.3) is 11.4 Å². The topological polar surface area (TPSA) is 68.0 Å². The van der Waals surface area contributed by atoms with E-state index in [-0.39, 0.29) is 17.6 Å². The van der Waals surface area contributed by atoms with Crippen molar-refractivity contribution in [3.63, 3.8) is 0 Å². The number of aromatic nitrogens is 2. The molecule has 0 saturated heterocycles. The number of carbonyl (C=O) groups is 1. The van der Waals surface area contributed by atoms with Gasteiger partial charge in [-0.25, -0.2) is 4.39 Å². The van der Waals surface area contributed by atoms with Crippen molar-refractivity contribution < 1.29 is 13.7 Å². The molecule has 6 heteroatoms. The van der Waals surface area contributed by atoms with Gasteiger partial charge in [0.1, 0.15) is 11.9 Å². The Morgan fingerprint density at radius 3 is 2.58 bits per heavy atom. The minimum Gasteiger partial charge on any atom is -0.341 e. The van der Waals surface area contributed by atoms with Gasteiger partial charge in [0.05, 0.1) is 0 Å². The number of aryl methyl sites for hydroxylation is 1. The van der Waals surface area contributed by atoms with Crippen molar-refractivity contribution in [3.8, 4) is 11.4 Å². The summed E-state index contributed by atoms with van der Waals surface area (Å²) < 4.78 is 18.2. The second-order valence-corrected chi connectivity index (χ2v) is 5.47. The largest absolute Gasteiger partial charge is 0.341 e. The van der Waals surface area contributed by atoms with Crippen LogP contribution in [-0.2, 0) is 0 Å². The zero-order valence-electron chi connectivity index (χ0n) is 13.3. The monoisotopic (exact) mass is 325 g/mol. The van der Waals surface area contributed by atoms with Crippen LogP contribution in [0, 0.1) is 12.7 Å². The number of hydrogen-bond acceptors (Lipinski definition) is 4. The molecule has 2 aromatic carbocycles. The molecule has 0 saturated carbocycles. The molecule has 1 amide bonds. The van der Waals surface area contributed by atoms with E-state index < -0.39 is 6.04 Å². The van der Waals surface area contributed by atoms with Crippen molar-refractivity contribution >= 4 is 5.91 Å². The second kappa shape index (κ2) is 6.62. The van der Waals surface area contributed by atoms with Gasteiger partial charge in [-0.15, -0.1) is 0 Å². The third-order valence-electron chi connectivity index (χ3n) is 3.65. The van der Waals surface area contributed by atoms with Crippen LogP contribution < -0.4 is 5.32 Å². The first-order valence-electron chi connectivity index (χ1n) is 7.50. The van der Waals surface area contributed by atoms with Crippen LogP contribution in [0.4, 0.5) is 4.39 Å². The van der Waals surface area contributed by atoms with Gasteiger partial charge in [0.2, 0.25) is 11.7 Å². The molecule has 1 N–H and O–H groups in total. The third kappa shape index (κ3) is 3.32. The third-order valence-corrected chi connectivity index (χ3v) is 3.65. The first kappa shape index (κ1) is 15.9. The molecule has 0 bridgehead atoms. The second-order valence-electron chi connectivity index (χ2n) is 5.47. The minimum absolute atomic E-state index is 0.206. The molecule has 122 valence electrons. The van der Waals surface area contributed by atoms with Crippen LogP contribution in [0.15, 0.2) is 53.1 Å². The molecule has 0 fully saturated rings. The number of benzene rings is 2. The molecule has 1 unspecified atom stereocenters. The van der Waals surface area contributed by atoms with Crippen molar-refractivity contribution in [3.05, 3.63) is 71.4 Å². The van der Waals surface area contributed by atoms with E-state index in [0.717, 1.165) is 5.56 Å². The predicted molar refractivity (Wildman–Crippen MR) is 86.8 cm³/mol. The van der Waals surface area contributed by atoms with Crippen LogP contribution in [0.3, 0.4) is 0 Å². The minimum atomic E-state index is -0.446. The van der Waals surface area contributed by atoms with E-state index in [4.69, 9.17) is 4.52 Å². The van der Waals surface area contributed by atoms with Gasteiger partial charge in [0.25, 0.3) is 5.91 Å². The fourth-order valence-electron chi connectivity index (χ4n) is 2.29. The SMILES string of the molecule is Cc1ccccc1C(=O)NC(C)c1nc(-c2ccc(F)cc2)no1. The Morgan fingerprint density at radius 1 is 1.17 bits per heavy atom. The van der Waals surface area contributed by atoms with Crippen LogP contribution >= 0.6 is 0 Å². The van der Waals surface area contributed by atoms with Gasteiger partial charge in [0.15, 0.2) is 0 Å². The Morgan fingerprint density at radius 2 is 1.88 bits per heavy atom. The van der Waals surface area contributed by atoms with Crippen molar-refractivity contribution in [2.75, 3.05) is 0 Å². The summed E-state index contributed by atoms with van der Waals surface area (Å²) in [4.78, 5) is 16.6. The first-order valence-corrected chi connectivity index (χ1v) is 7.50. The summed E-state index contributed by atoms with van der Waals surface area (Å²) in [5, 5.41) is 6.71. The van der Waals surface area contributed by atoms with Crippen LogP contribution in [0.5, 0.6) is 0 Å². The van der Waals surface area contributed by atoms with E-state index >= 15 is 0 Å². The molecule has 1 heterocycles. The summed E-state index contributed by atoms with van der Waals surface area (Å²) in [7, 11) is 0. The summed E-state index contributed by atoms with van der Waals surface area (Å²) in [5.41, 5.74) is 2.13. The van der Waals surface area contributed by atoms with E-state index in [9.17, 15) is 9.18 Å². The molecule has 0 spiro atoms. The van der Waals surface area contributed by atoms with Crippen LogP contribution in [0.2, 0.25) is 0 Å². The highest BCUT2D eigenvalue weighted by molar-refractivity contribution is 5.95. The van der Waals surface area contributed by atoms with Crippen molar-refractivity contribution in [1.82, 2.24) is 15.5 Å². The number of carbonyl (C=O) groups excluding carboxylic acids is 1. The highest BCUT2D eigenvalue weighted by Gasteiger charge is 2.18. The Balaban J connectivity index is 1.74. The molecule has 3 aromatic rings. The van der Waals surface area contributed by atoms with Crippen molar-refractivity contribution in [2.24, 2.45) is 0 Å². The predicted octanol–water partition coefficient (Wildman–Crippen LogP) is 3.68. The normalized spacial score (nSPS) is 12.0. The van der Waals surface area contributed by atoms with Gasteiger partial charge in [0, 0.05) is 11.1 Å². The lowest BCUT2D eigenvalue weighted by molar-refractivity contribution is 0.0932. The lowest BCUT2D eigenvalue weighted by atomic mass is 10.1. The van der Waals surface area contributed by atoms with Gasteiger partial charge in [-0.1, -0.05) is 23.4 Å². The molecule has 0 aliphatic rings. The van der Waals surface area contributed by atoms with E-state index in [1.807, 2.05) is 25.1 Å². The standard InChI is InChI=1S/C18H16FN3O2/c1-11-5-3-4-6-15(11)17(23)20-12(2)18-21-16(22-24-18)13-7-9-14(19)10-8-13/h3-10,12H,1-2H3,(H,20,23). The van der Waals surface area contributed by atoms with Gasteiger partial charge in [-0.2, -0.15) is 4.98 Å². The first-order chi connectivity index (χ1) is 11.5. The summed E-state index contributed by atoms with van der Waals surface area (Å²) in [6, 6.07) is 12.7. The van der Waals surface area contributed by atoms with Gasteiger partial charge in [-0.05, 0) is 49.7 Å². The maximum atomic E-state index is 13.0. The molecular weight excluding hydrogens is 309 g/mol. The maximum Gasteiger partial charge on any atom is 0.252 e. The maximum absolute atomic E-state index is 13.0. The number of halogens is 1. The number of hydrogen-bond donors (Lipinski definition) is 1. The van der Waals surface area contributed by atoms with Crippen molar-refractivity contribution in [1.29, 1.82) is 0 Å². The fourth-order valence-corrected chi connectivity index (χ4v) is 2.29. The summed E-state index contributed by atoms with van der Waals surface area (Å²) in [6.07, 6.45) is 0. The Kier molecular flexibility index (Phi) is 4.37. The Bertz CT molecular complexity index is 859. The average Bonchev–Trinajstić information content (AvgIpc) is 3.06. The molecule has 3 rings (SSSR count). The zero-order chi connectivity index (χ0) is 17.1. The number of amides is 1. The quantitative estimate of drug-likeness (QED) is 0.794. The van der Waals surface area contributed by atoms with E-state index in [2.05, 4.69) is 15.5 Å². The molecule has 0 aliphatic heterocycles. The molecule has 1 aromatic heterocycles. The zero-order valence-corrected chi connectivity index (χ0v) is 13.3. The van der Waals surface area contributed by atoms with E-state index in [1.54, 1.807) is 25.1 Å². The van der Waals surface area contributed by atoms with Gasteiger partial charge in [-0.3, -0.25) is 4.79 Å². The lowest BCUT2D eigenvalue weighted by Gasteiger charge is -2.11. The molecule has 0 aliphatic carbocycles. The summed E-state index contributed by atoms with van der Waals surface area (Å²) >= 11 is 0. The number of nitrogens with one attached hydrogen (secondary N) is 1. The average molecular weight is 325 g/mol. The van der Waals surface area contributed by atoms with Crippen LogP contribution in [0.1, 0.15) is 34.8 Å². The molecular formula is C18H16FN3O2. The molecule has 1 atom stereocenters. The van der Waals surface area contributed by atoms with E-state index in [1.165, 1.54) is 12.1 Å². The Hall–Kier alpha value is -3.02. The summed E-state index contributed by atoms with van der Waals surface area (Å²) in [6.45, 7) is 3.64. The van der Waals surface area contributed by atoms with Crippen molar-refractivity contribution in [2.45, 2.75) is 19.9 Å². The van der Waals surface area contributed by atoms with E-state index in [0.29, 0.717) is 17.0 Å². The smallest absolute Gasteiger partial charge is 0.252 e. The number of rotatable bonds is 4. The molecule has 5 nitrogen and oxygen atoms in total. The molecule has 24 heavy (non-hydrogen) atoms. The fraction of sp³-hybridized carbons (Fsp3) is 0.167. The van der Waals surface area contributed by atoms with Gasteiger partial charge >= 0.3 is 0 Å². The highest BCUT2D eigenvalue weighted by atomic mass is 19.1. The lowest BCUT2D eigenvalue weighted by Crippen LogP contribution is -2.27. The number of nitrogens with zero attached hydrogens (tertiary/aromatic N) is 2. The molecule has 0 radical (unpaired) electrons. The highest BCUT2D eigenvalue weighted by Crippen LogP contribution is 2.19. The Labute approximate surface area is 138 Å². The van der Waals surface area contributed by atoms with Gasteiger partial charge < -0.3 is 9.84 Å². The van der Waals surface area contributed by atoms with Crippen LogP contribution in [-0.4, -0.2) is 16.0 Å². The summed E-state index contributed by atoms with van der Waals surface area (Å²) in [5.74, 6) is 0.0988.